The minimum atomic E-state index is -0.0408. The Hall–Kier alpha value is -2.16. The predicted octanol–water partition coefficient (Wildman–Crippen LogP) is 3.99. The molecule has 3 nitrogen and oxygen atoms in total. The van der Waals surface area contributed by atoms with E-state index in [9.17, 15) is 0 Å². The normalized spacial score (nSPS) is 11.9. The molecular weight excluding hydrogens is 264 g/mol. The molecule has 0 aliphatic rings. The maximum absolute atomic E-state index is 5.59. The van der Waals surface area contributed by atoms with Crippen LogP contribution in [-0.4, -0.2) is 21.3 Å². The van der Waals surface area contributed by atoms with Gasteiger partial charge in [-0.15, -0.1) is 0 Å². The SMILES string of the molecule is [CH2]C(c1ccccc1)c1c(C)cc(OC)c(OC)c1OC. The van der Waals surface area contributed by atoms with Crippen LogP contribution in [0.25, 0.3) is 0 Å². The second-order valence-electron chi connectivity index (χ2n) is 4.84. The number of benzene rings is 2. The van der Waals surface area contributed by atoms with Gasteiger partial charge in [0.15, 0.2) is 11.5 Å². The smallest absolute Gasteiger partial charge is 0.203 e. The Kier molecular flexibility index (Phi) is 4.73. The molecular formula is C18H21O3. The van der Waals surface area contributed by atoms with Crippen molar-refractivity contribution >= 4 is 0 Å². The van der Waals surface area contributed by atoms with E-state index in [4.69, 9.17) is 14.2 Å². The first-order chi connectivity index (χ1) is 10.1. The van der Waals surface area contributed by atoms with Crippen molar-refractivity contribution in [2.45, 2.75) is 12.8 Å². The summed E-state index contributed by atoms with van der Waals surface area (Å²) in [6.45, 7) is 6.33. The van der Waals surface area contributed by atoms with Gasteiger partial charge in [-0.1, -0.05) is 30.3 Å². The molecule has 0 saturated heterocycles. The fourth-order valence-corrected chi connectivity index (χ4v) is 2.59. The van der Waals surface area contributed by atoms with Crippen LogP contribution < -0.4 is 14.2 Å². The quantitative estimate of drug-likeness (QED) is 0.831. The molecule has 1 radical (unpaired) electrons. The first-order valence-corrected chi connectivity index (χ1v) is 6.81. The second kappa shape index (κ2) is 6.53. The summed E-state index contributed by atoms with van der Waals surface area (Å²) >= 11 is 0. The molecule has 0 spiro atoms. The van der Waals surface area contributed by atoms with Gasteiger partial charge in [-0.05, 0) is 31.0 Å². The van der Waals surface area contributed by atoms with Crippen LogP contribution in [0.5, 0.6) is 17.2 Å². The molecule has 0 fully saturated rings. The molecule has 2 aromatic rings. The molecule has 0 amide bonds. The summed E-state index contributed by atoms with van der Waals surface area (Å²) in [5.41, 5.74) is 3.21. The summed E-state index contributed by atoms with van der Waals surface area (Å²) in [4.78, 5) is 0. The minimum Gasteiger partial charge on any atom is -0.493 e. The fourth-order valence-electron chi connectivity index (χ4n) is 2.59. The Morgan fingerprint density at radius 2 is 1.52 bits per heavy atom. The highest BCUT2D eigenvalue weighted by Gasteiger charge is 2.23. The van der Waals surface area contributed by atoms with Crippen molar-refractivity contribution in [3.63, 3.8) is 0 Å². The van der Waals surface area contributed by atoms with E-state index in [1.807, 2.05) is 31.2 Å². The molecule has 0 heterocycles. The third kappa shape index (κ3) is 2.82. The first-order valence-electron chi connectivity index (χ1n) is 6.81. The third-order valence-corrected chi connectivity index (χ3v) is 3.63. The van der Waals surface area contributed by atoms with Crippen molar-refractivity contribution < 1.29 is 14.2 Å². The van der Waals surface area contributed by atoms with Crippen LogP contribution in [-0.2, 0) is 0 Å². The zero-order chi connectivity index (χ0) is 15.4. The van der Waals surface area contributed by atoms with Gasteiger partial charge in [-0.2, -0.15) is 0 Å². The Bertz CT molecular complexity index is 606. The van der Waals surface area contributed by atoms with Crippen molar-refractivity contribution in [2.24, 2.45) is 0 Å². The molecule has 3 heteroatoms. The van der Waals surface area contributed by atoms with Gasteiger partial charge in [0.05, 0.1) is 21.3 Å². The molecule has 2 aromatic carbocycles. The summed E-state index contributed by atoms with van der Waals surface area (Å²) < 4.78 is 16.4. The van der Waals surface area contributed by atoms with Gasteiger partial charge in [0.25, 0.3) is 0 Å². The van der Waals surface area contributed by atoms with Crippen LogP contribution in [0.4, 0.5) is 0 Å². The largest absolute Gasteiger partial charge is 0.493 e. The molecule has 0 bridgehead atoms. The van der Waals surface area contributed by atoms with Crippen LogP contribution in [0, 0.1) is 13.8 Å². The average Bonchev–Trinajstić information content (AvgIpc) is 2.53. The molecule has 1 atom stereocenters. The maximum atomic E-state index is 5.59. The zero-order valence-electron chi connectivity index (χ0n) is 13.0. The van der Waals surface area contributed by atoms with Gasteiger partial charge < -0.3 is 14.2 Å². The highest BCUT2D eigenvalue weighted by atomic mass is 16.5. The number of rotatable bonds is 5. The number of aryl methyl sites for hydroxylation is 1. The standard InChI is InChI=1S/C18H21O3/c1-12-11-15(19-3)17(20-4)18(21-5)16(12)13(2)14-9-7-6-8-10-14/h6-11,13H,2H2,1,3-5H3. The van der Waals surface area contributed by atoms with Crippen molar-refractivity contribution in [3.05, 3.63) is 60.0 Å². The molecule has 0 N–H and O–H groups in total. The maximum Gasteiger partial charge on any atom is 0.203 e. The van der Waals surface area contributed by atoms with Crippen molar-refractivity contribution in [1.29, 1.82) is 0 Å². The van der Waals surface area contributed by atoms with E-state index in [0.717, 1.165) is 16.7 Å². The molecule has 0 aromatic heterocycles. The topological polar surface area (TPSA) is 27.7 Å². The van der Waals surface area contributed by atoms with E-state index >= 15 is 0 Å². The van der Waals surface area contributed by atoms with Crippen molar-refractivity contribution in [1.82, 2.24) is 0 Å². The molecule has 2 rings (SSSR count). The van der Waals surface area contributed by atoms with Crippen LogP contribution >= 0.6 is 0 Å². The van der Waals surface area contributed by atoms with Gasteiger partial charge >= 0.3 is 0 Å². The molecule has 0 aliphatic heterocycles. The zero-order valence-corrected chi connectivity index (χ0v) is 13.0. The Balaban J connectivity index is 2.62. The lowest BCUT2D eigenvalue weighted by atomic mass is 9.89. The molecule has 21 heavy (non-hydrogen) atoms. The molecule has 111 valence electrons. The lowest BCUT2D eigenvalue weighted by Gasteiger charge is -2.22. The van der Waals surface area contributed by atoms with Crippen LogP contribution in [0.3, 0.4) is 0 Å². The van der Waals surface area contributed by atoms with Gasteiger partial charge in [0, 0.05) is 11.5 Å². The van der Waals surface area contributed by atoms with Gasteiger partial charge in [0.1, 0.15) is 0 Å². The van der Waals surface area contributed by atoms with Crippen LogP contribution in [0.15, 0.2) is 36.4 Å². The number of ether oxygens (including phenoxy) is 3. The van der Waals surface area contributed by atoms with Crippen LogP contribution in [0.1, 0.15) is 22.6 Å². The highest BCUT2D eigenvalue weighted by molar-refractivity contribution is 5.61. The predicted molar refractivity (Wildman–Crippen MR) is 84.5 cm³/mol. The van der Waals surface area contributed by atoms with E-state index in [-0.39, 0.29) is 5.92 Å². The minimum absolute atomic E-state index is 0.0408. The molecule has 0 saturated carbocycles. The summed E-state index contributed by atoms with van der Waals surface area (Å²) in [6, 6.07) is 12.1. The van der Waals surface area contributed by atoms with Crippen molar-refractivity contribution in [2.75, 3.05) is 21.3 Å². The summed E-state index contributed by atoms with van der Waals surface area (Å²) in [6.07, 6.45) is 0. The summed E-state index contributed by atoms with van der Waals surface area (Å²) in [5, 5.41) is 0. The van der Waals surface area contributed by atoms with Gasteiger partial charge in [-0.3, -0.25) is 0 Å². The Labute approximate surface area is 126 Å². The summed E-state index contributed by atoms with van der Waals surface area (Å²) in [5.74, 6) is 1.90. The Morgan fingerprint density at radius 1 is 0.905 bits per heavy atom. The second-order valence-corrected chi connectivity index (χ2v) is 4.84. The summed E-state index contributed by atoms with van der Waals surface area (Å²) in [7, 11) is 4.87. The Morgan fingerprint density at radius 3 is 2.05 bits per heavy atom. The van der Waals surface area contributed by atoms with E-state index < -0.39 is 0 Å². The lowest BCUT2D eigenvalue weighted by Crippen LogP contribution is -2.05. The van der Waals surface area contributed by atoms with E-state index in [1.165, 1.54) is 0 Å². The molecule has 0 aliphatic carbocycles. The van der Waals surface area contributed by atoms with E-state index in [2.05, 4.69) is 19.1 Å². The highest BCUT2D eigenvalue weighted by Crippen LogP contribution is 2.45. The van der Waals surface area contributed by atoms with Gasteiger partial charge in [-0.25, -0.2) is 0 Å². The fraction of sp³-hybridized carbons (Fsp3) is 0.278. The van der Waals surface area contributed by atoms with Crippen LogP contribution in [0.2, 0.25) is 0 Å². The number of hydrogen-bond acceptors (Lipinski definition) is 3. The third-order valence-electron chi connectivity index (χ3n) is 3.63. The van der Waals surface area contributed by atoms with Gasteiger partial charge in [0.2, 0.25) is 5.75 Å². The molecule has 1 unspecified atom stereocenters. The number of methoxy groups -OCH3 is 3. The number of hydrogen-bond donors (Lipinski definition) is 0. The van der Waals surface area contributed by atoms with E-state index in [0.29, 0.717) is 17.2 Å². The van der Waals surface area contributed by atoms with Crippen molar-refractivity contribution in [3.8, 4) is 17.2 Å². The monoisotopic (exact) mass is 285 g/mol. The van der Waals surface area contributed by atoms with E-state index in [1.54, 1.807) is 21.3 Å². The first kappa shape index (κ1) is 15.2. The average molecular weight is 285 g/mol. The lowest BCUT2D eigenvalue weighted by molar-refractivity contribution is 0.321.